The third kappa shape index (κ3) is 12.7. The topological polar surface area (TPSA) is 114 Å². The van der Waals surface area contributed by atoms with Crippen molar-refractivity contribution in [2.75, 3.05) is 10.6 Å². The van der Waals surface area contributed by atoms with Crippen LogP contribution in [0.5, 0.6) is 0 Å². The number of amides is 2. The number of rotatable bonds is 4. The number of nitrogens with zero attached hydrogens (tertiary/aromatic N) is 4. The van der Waals surface area contributed by atoms with Crippen LogP contribution in [0.4, 0.5) is 22.7 Å². The van der Waals surface area contributed by atoms with Crippen LogP contribution in [-0.2, 0) is 10.8 Å². The molecule has 220 valence electrons. The predicted octanol–water partition coefficient (Wildman–Crippen LogP) is 11.5. The fourth-order valence-corrected chi connectivity index (χ4v) is 3.73. The van der Waals surface area contributed by atoms with Gasteiger partial charge in [-0.3, -0.25) is 9.59 Å². The van der Waals surface area contributed by atoms with Crippen LogP contribution >= 0.6 is 62.0 Å². The molecule has 4 aromatic carbocycles. The van der Waals surface area contributed by atoms with Gasteiger partial charge in [0.25, 0.3) is 11.8 Å². The van der Waals surface area contributed by atoms with Crippen LogP contribution in [0.25, 0.3) is 9.95 Å². The van der Waals surface area contributed by atoms with Crippen molar-refractivity contribution in [1.29, 1.82) is 10.8 Å². The summed E-state index contributed by atoms with van der Waals surface area (Å²) in [4.78, 5) is 30.2. The summed E-state index contributed by atoms with van der Waals surface area (Å²) < 4.78 is 0. The first-order valence-electron chi connectivity index (χ1n) is 12.3. The molecular formula is C28H22Cl6N6O2Zn. The van der Waals surface area contributed by atoms with Gasteiger partial charge in [-0.25, -0.2) is 0 Å². The molecule has 0 radical (unpaired) electrons. The number of aryl methyl sites for hydroxylation is 2. The van der Waals surface area contributed by atoms with Gasteiger partial charge in [0, 0.05) is 22.3 Å². The number of hydrogen-bond donors (Lipinski definition) is 2. The zero-order valence-corrected chi connectivity index (χ0v) is 30.2. The van der Waals surface area contributed by atoms with Gasteiger partial charge in [-0.1, -0.05) is 59.6 Å². The first-order valence-corrected chi connectivity index (χ1v) is 28.7. The van der Waals surface area contributed by atoms with Crippen molar-refractivity contribution < 1.29 is 20.4 Å². The maximum absolute atomic E-state index is 12.0. The Balaban J connectivity index is 0.000000260. The predicted molar refractivity (Wildman–Crippen MR) is 174 cm³/mol. The van der Waals surface area contributed by atoms with E-state index < -0.39 is 10.8 Å². The summed E-state index contributed by atoms with van der Waals surface area (Å²) in [5.74, 6) is -0.480. The summed E-state index contributed by atoms with van der Waals surface area (Å²) in [6.07, 6.45) is 0. The Morgan fingerprint density at radius 2 is 0.930 bits per heavy atom. The summed E-state index contributed by atoms with van der Waals surface area (Å²) in [5.41, 5.74) is 4.26. The number of benzene rings is 4. The van der Waals surface area contributed by atoms with Gasteiger partial charge < -0.3 is 10.6 Å². The van der Waals surface area contributed by atoms with Gasteiger partial charge in [0.05, 0.1) is 33.6 Å². The van der Waals surface area contributed by atoms with Gasteiger partial charge >= 0.3 is 61.0 Å². The second-order valence-corrected chi connectivity index (χ2v) is 37.2. The van der Waals surface area contributed by atoms with Crippen molar-refractivity contribution >= 4 is 96.5 Å². The molecule has 0 aliphatic heterocycles. The number of carbonyl (C=O) groups is 2. The van der Waals surface area contributed by atoms with Gasteiger partial charge in [-0.15, -0.1) is 0 Å². The standard InChI is InChI=1S/2C14H10ClN3O.4ClH.Zn/c2*1-9-7-13(11(15)8-12(9)18-16)17-14(19)10-5-3-2-4-6-10;;;;;/h2*2-8H,1H3;4*1H;/q;;;;;;+2/p-2. The third-order valence-electron chi connectivity index (χ3n) is 5.36. The molecule has 0 aliphatic rings. The molecule has 0 fully saturated rings. The van der Waals surface area contributed by atoms with Crippen LogP contribution in [0, 0.1) is 24.6 Å². The molecule has 0 aromatic heterocycles. The van der Waals surface area contributed by atoms with Crippen LogP contribution in [0.3, 0.4) is 0 Å². The number of diazo groups is 2. The van der Waals surface area contributed by atoms with E-state index in [1.165, 1.54) is 12.1 Å². The normalized spacial score (nSPS) is 10.0. The van der Waals surface area contributed by atoms with Gasteiger partial charge in [-0.2, -0.15) is 0 Å². The van der Waals surface area contributed by atoms with Gasteiger partial charge in [0.1, 0.15) is 0 Å². The molecule has 0 spiro atoms. The second kappa shape index (κ2) is 17.4. The van der Waals surface area contributed by atoms with Crippen molar-refractivity contribution in [2.45, 2.75) is 13.8 Å². The molecule has 4 aromatic rings. The average molecular weight is 753 g/mol. The maximum atomic E-state index is 12.0. The van der Waals surface area contributed by atoms with Crippen LogP contribution in [-0.4, -0.2) is 11.8 Å². The summed E-state index contributed by atoms with van der Waals surface area (Å²) in [5, 5.41) is 23.6. The summed E-state index contributed by atoms with van der Waals surface area (Å²) >= 11 is 12.1. The molecule has 8 nitrogen and oxygen atoms in total. The van der Waals surface area contributed by atoms with E-state index in [0.29, 0.717) is 43.9 Å². The molecule has 0 bridgehead atoms. The first-order chi connectivity index (χ1) is 20.2. The first kappa shape index (κ1) is 36.2. The fraction of sp³-hybridized carbons (Fsp3) is 0.0714. The van der Waals surface area contributed by atoms with Gasteiger partial charge in [0.2, 0.25) is 10.8 Å². The molecule has 2 N–H and O–H groups in total. The third-order valence-corrected chi connectivity index (χ3v) is 5.98. The van der Waals surface area contributed by atoms with Crippen LogP contribution < -0.4 is 10.6 Å². The zero-order valence-electron chi connectivity index (χ0n) is 22.7. The van der Waals surface area contributed by atoms with Gasteiger partial charge in [0.15, 0.2) is 9.95 Å². The van der Waals surface area contributed by atoms with E-state index in [1.54, 1.807) is 74.5 Å². The summed E-state index contributed by atoms with van der Waals surface area (Å²) in [6, 6.07) is 24.0. The number of nitrogens with one attached hydrogen (secondary N) is 2. The molecule has 0 aliphatic carbocycles. The van der Waals surface area contributed by atoms with Crippen molar-refractivity contribution in [3.8, 4) is 0 Å². The Bertz CT molecular complexity index is 1550. The average Bonchev–Trinajstić information content (AvgIpc) is 2.96. The van der Waals surface area contributed by atoms with E-state index in [-0.39, 0.29) is 11.8 Å². The molecule has 0 atom stereocenters. The van der Waals surface area contributed by atoms with Crippen LogP contribution in [0.1, 0.15) is 31.8 Å². The van der Waals surface area contributed by atoms with Crippen LogP contribution in [0.15, 0.2) is 84.9 Å². The number of carbonyl (C=O) groups excluding carboxylic acids is 2. The van der Waals surface area contributed by atoms with Crippen molar-refractivity contribution in [2.24, 2.45) is 0 Å². The minimum atomic E-state index is -3.36. The molecule has 4 rings (SSSR count). The number of halogens is 6. The molecular weight excluding hydrogens is 730 g/mol. The Labute approximate surface area is 277 Å². The van der Waals surface area contributed by atoms with Crippen molar-refractivity contribution in [3.05, 3.63) is 127 Å². The Morgan fingerprint density at radius 1 is 0.628 bits per heavy atom. The van der Waals surface area contributed by atoms with Crippen molar-refractivity contribution in [1.82, 2.24) is 0 Å². The van der Waals surface area contributed by atoms with E-state index in [9.17, 15) is 9.59 Å². The second-order valence-electron chi connectivity index (χ2n) is 8.68. The van der Waals surface area contributed by atoms with Crippen LogP contribution in [0.2, 0.25) is 10.0 Å². The van der Waals surface area contributed by atoms with Crippen molar-refractivity contribution in [3.63, 3.8) is 0 Å². The zero-order chi connectivity index (χ0) is 32.2. The number of anilines is 2. The molecule has 0 unspecified atom stereocenters. The fourth-order valence-electron chi connectivity index (χ4n) is 3.32. The monoisotopic (exact) mass is 748 g/mol. The van der Waals surface area contributed by atoms with E-state index in [1.807, 2.05) is 12.1 Å². The van der Waals surface area contributed by atoms with E-state index in [2.05, 4.69) is 20.6 Å². The molecule has 0 saturated heterocycles. The molecule has 15 heteroatoms. The van der Waals surface area contributed by atoms with E-state index in [4.69, 9.17) is 72.8 Å². The van der Waals surface area contributed by atoms with E-state index >= 15 is 0 Å². The molecule has 0 heterocycles. The minimum absolute atomic E-state index is 0.240. The molecule has 2 amide bonds. The quantitative estimate of drug-likeness (QED) is 0.159. The van der Waals surface area contributed by atoms with Gasteiger partial charge in [-0.05, 0) is 50.2 Å². The summed E-state index contributed by atoms with van der Waals surface area (Å²) in [6.45, 7) is 3.53. The van der Waals surface area contributed by atoms with E-state index in [0.717, 1.165) is 11.1 Å². The Morgan fingerprint density at radius 3 is 1.21 bits per heavy atom. The molecule has 0 saturated carbocycles. The Kier molecular flexibility index (Phi) is 14.6. The SMILES string of the molecule is Cc1cc(NC(=O)c2ccccc2)c(Cl)cc1[N+]#N.Cc1cc(NC(=O)c2ccccc2)c(Cl)cc1[N+]#N.[Cl][Zn-2]([Cl])([Cl])[Cl]. The Hall–Kier alpha value is -2.98. The molecule has 43 heavy (non-hydrogen) atoms. The summed E-state index contributed by atoms with van der Waals surface area (Å²) in [7, 11) is 16.8. The number of hydrogen-bond acceptors (Lipinski definition) is 4.